The van der Waals surface area contributed by atoms with Crippen molar-refractivity contribution < 1.29 is 31.9 Å². The zero-order valence-electron chi connectivity index (χ0n) is 8.13. The van der Waals surface area contributed by atoms with E-state index in [4.69, 9.17) is 5.11 Å². The first-order valence-corrected chi connectivity index (χ1v) is 4.28. The number of carboxylic acids is 1. The van der Waals surface area contributed by atoms with Crippen molar-refractivity contribution in [2.24, 2.45) is 0 Å². The van der Waals surface area contributed by atoms with Gasteiger partial charge in [-0.05, 0) is 11.6 Å². The summed E-state index contributed by atoms with van der Waals surface area (Å²) in [6.07, 6.45) is -8.90. The topological polar surface area (TPSA) is 50.2 Å². The molecule has 0 saturated carbocycles. The summed E-state index contributed by atoms with van der Waals surface area (Å²) in [7, 11) is 0. The van der Waals surface area contributed by atoms with E-state index in [2.05, 4.69) is 4.98 Å². The molecule has 0 spiro atoms. The highest BCUT2D eigenvalue weighted by molar-refractivity contribution is 5.70. The Balaban J connectivity index is 3.22. The Morgan fingerprint density at radius 3 is 2.35 bits per heavy atom. The Kier molecular flexibility index (Phi) is 3.64. The van der Waals surface area contributed by atoms with Crippen molar-refractivity contribution in [3.8, 4) is 0 Å². The van der Waals surface area contributed by atoms with E-state index in [0.717, 1.165) is 0 Å². The van der Waals surface area contributed by atoms with Crippen molar-refractivity contribution in [2.75, 3.05) is 0 Å². The Morgan fingerprint density at radius 1 is 1.35 bits per heavy atom. The van der Waals surface area contributed by atoms with E-state index in [-0.39, 0.29) is 0 Å². The molecule has 0 aliphatic carbocycles. The second-order valence-corrected chi connectivity index (χ2v) is 3.11. The molecule has 8 heteroatoms. The first-order chi connectivity index (χ1) is 7.71. The minimum atomic E-state index is -4.84. The standard InChI is InChI=1S/C9H6F5NO2/c10-8(11)7-4(3-6(16)17)1-2-5(15-7)9(12,13)14/h1-2,8H,3H2,(H,16,17). The highest BCUT2D eigenvalue weighted by Crippen LogP contribution is 2.30. The maximum atomic E-state index is 12.4. The maximum absolute atomic E-state index is 12.4. The number of aliphatic carboxylic acids is 1. The van der Waals surface area contributed by atoms with Crippen molar-refractivity contribution >= 4 is 5.97 Å². The lowest BCUT2D eigenvalue weighted by molar-refractivity contribution is -0.141. The summed E-state index contributed by atoms with van der Waals surface area (Å²) in [5, 5.41) is 8.41. The number of halogens is 5. The summed E-state index contributed by atoms with van der Waals surface area (Å²) < 4.78 is 61.5. The van der Waals surface area contributed by atoms with Gasteiger partial charge in [0.2, 0.25) is 0 Å². The molecule has 0 unspecified atom stereocenters. The van der Waals surface area contributed by atoms with Crippen LogP contribution in [0.1, 0.15) is 23.4 Å². The summed E-state index contributed by atoms with van der Waals surface area (Å²) in [5.74, 6) is -1.42. The Bertz CT molecular complexity index is 430. The van der Waals surface area contributed by atoms with Gasteiger partial charge >= 0.3 is 12.1 Å². The summed E-state index contributed by atoms with van der Waals surface area (Å²) in [5.41, 5.74) is -3.05. The first-order valence-electron chi connectivity index (χ1n) is 4.28. The van der Waals surface area contributed by atoms with Crippen molar-refractivity contribution in [1.29, 1.82) is 0 Å². The number of carbonyl (C=O) groups is 1. The van der Waals surface area contributed by atoms with Gasteiger partial charge in [0, 0.05) is 0 Å². The summed E-state index contributed by atoms with van der Waals surface area (Å²) in [4.78, 5) is 13.1. The van der Waals surface area contributed by atoms with Gasteiger partial charge in [0.05, 0.1) is 6.42 Å². The molecule has 0 amide bonds. The molecule has 0 saturated heterocycles. The van der Waals surface area contributed by atoms with Gasteiger partial charge in [0.15, 0.2) is 0 Å². The molecule has 17 heavy (non-hydrogen) atoms. The molecule has 0 fully saturated rings. The van der Waals surface area contributed by atoms with Crippen LogP contribution in [0.5, 0.6) is 0 Å². The lowest BCUT2D eigenvalue weighted by Crippen LogP contribution is -2.13. The van der Waals surface area contributed by atoms with E-state index in [0.29, 0.717) is 12.1 Å². The molecule has 0 aliphatic heterocycles. The normalized spacial score (nSPS) is 11.9. The highest BCUT2D eigenvalue weighted by atomic mass is 19.4. The smallest absolute Gasteiger partial charge is 0.433 e. The van der Waals surface area contributed by atoms with Crippen molar-refractivity contribution in [2.45, 2.75) is 19.0 Å². The van der Waals surface area contributed by atoms with Crippen LogP contribution >= 0.6 is 0 Å². The molecule has 0 bridgehead atoms. The molecule has 94 valence electrons. The third-order valence-corrected chi connectivity index (χ3v) is 1.85. The zero-order chi connectivity index (χ0) is 13.2. The van der Waals surface area contributed by atoms with Crippen LogP contribution < -0.4 is 0 Å². The molecule has 0 radical (unpaired) electrons. The fourth-order valence-corrected chi connectivity index (χ4v) is 1.16. The van der Waals surface area contributed by atoms with Gasteiger partial charge in [-0.25, -0.2) is 13.8 Å². The number of hydrogen-bond acceptors (Lipinski definition) is 2. The van der Waals surface area contributed by atoms with Gasteiger partial charge < -0.3 is 5.11 Å². The minimum Gasteiger partial charge on any atom is -0.481 e. The van der Waals surface area contributed by atoms with Crippen LogP contribution in [0.25, 0.3) is 0 Å². The quantitative estimate of drug-likeness (QED) is 0.845. The van der Waals surface area contributed by atoms with Crippen LogP contribution in [0.2, 0.25) is 0 Å². The number of nitrogens with zero attached hydrogens (tertiary/aromatic N) is 1. The Morgan fingerprint density at radius 2 is 1.94 bits per heavy atom. The van der Waals surface area contributed by atoms with Crippen molar-refractivity contribution in [3.05, 3.63) is 29.1 Å². The van der Waals surface area contributed by atoms with E-state index in [9.17, 15) is 26.7 Å². The first kappa shape index (κ1) is 13.3. The van der Waals surface area contributed by atoms with E-state index in [1.807, 2.05) is 0 Å². The number of pyridine rings is 1. The van der Waals surface area contributed by atoms with Crippen molar-refractivity contribution in [1.82, 2.24) is 4.98 Å². The number of hydrogen-bond donors (Lipinski definition) is 1. The lowest BCUT2D eigenvalue weighted by atomic mass is 10.1. The molecule has 0 aromatic carbocycles. The fourth-order valence-electron chi connectivity index (χ4n) is 1.16. The molecular formula is C9H6F5NO2. The van der Waals surface area contributed by atoms with Gasteiger partial charge in [0.1, 0.15) is 11.4 Å². The lowest BCUT2D eigenvalue weighted by Gasteiger charge is -2.10. The van der Waals surface area contributed by atoms with E-state index in [1.165, 1.54) is 0 Å². The average Bonchev–Trinajstić information content (AvgIpc) is 2.15. The SMILES string of the molecule is O=C(O)Cc1ccc(C(F)(F)F)nc1C(F)F. The van der Waals surface area contributed by atoms with Crippen LogP contribution in [0.4, 0.5) is 22.0 Å². The van der Waals surface area contributed by atoms with Crippen molar-refractivity contribution in [3.63, 3.8) is 0 Å². The number of aromatic nitrogens is 1. The Hall–Kier alpha value is -1.73. The number of carboxylic acid groups (broad SMARTS) is 1. The van der Waals surface area contributed by atoms with Gasteiger partial charge in [0.25, 0.3) is 6.43 Å². The van der Waals surface area contributed by atoms with Gasteiger partial charge in [-0.15, -0.1) is 0 Å². The van der Waals surface area contributed by atoms with Crippen LogP contribution in [0, 0.1) is 0 Å². The second kappa shape index (κ2) is 4.64. The third kappa shape index (κ3) is 3.36. The predicted octanol–water partition coefficient (Wildman–Crippen LogP) is 2.67. The highest BCUT2D eigenvalue weighted by Gasteiger charge is 2.34. The molecule has 0 atom stereocenters. The molecule has 1 heterocycles. The van der Waals surface area contributed by atoms with E-state index >= 15 is 0 Å². The van der Waals surface area contributed by atoms with Gasteiger partial charge in [-0.3, -0.25) is 4.79 Å². The van der Waals surface area contributed by atoms with Gasteiger partial charge in [-0.2, -0.15) is 13.2 Å². The monoisotopic (exact) mass is 255 g/mol. The zero-order valence-corrected chi connectivity index (χ0v) is 8.13. The largest absolute Gasteiger partial charge is 0.481 e. The van der Waals surface area contributed by atoms with Gasteiger partial charge in [-0.1, -0.05) is 6.07 Å². The molecule has 1 aromatic heterocycles. The third-order valence-electron chi connectivity index (χ3n) is 1.85. The summed E-state index contributed by atoms with van der Waals surface area (Å²) in [6, 6.07) is 1.18. The number of alkyl halides is 5. The summed E-state index contributed by atoms with van der Waals surface area (Å²) in [6.45, 7) is 0. The van der Waals surface area contributed by atoms with Crippen LogP contribution in [-0.2, 0) is 17.4 Å². The van der Waals surface area contributed by atoms with E-state index in [1.54, 1.807) is 0 Å². The van der Waals surface area contributed by atoms with Crippen LogP contribution in [0.15, 0.2) is 12.1 Å². The average molecular weight is 255 g/mol. The second-order valence-electron chi connectivity index (χ2n) is 3.11. The molecule has 1 aromatic rings. The predicted molar refractivity (Wildman–Crippen MR) is 45.5 cm³/mol. The van der Waals surface area contributed by atoms with Crippen LogP contribution in [-0.4, -0.2) is 16.1 Å². The Labute approximate surface area is 91.9 Å². The summed E-state index contributed by atoms with van der Waals surface area (Å²) >= 11 is 0. The molecule has 1 rings (SSSR count). The molecular weight excluding hydrogens is 249 g/mol. The number of rotatable bonds is 3. The minimum absolute atomic E-state index is 0.430. The van der Waals surface area contributed by atoms with Crippen LogP contribution in [0.3, 0.4) is 0 Å². The fraction of sp³-hybridized carbons (Fsp3) is 0.333. The molecule has 3 nitrogen and oxygen atoms in total. The van der Waals surface area contributed by atoms with E-state index < -0.39 is 41.9 Å². The molecule has 0 aliphatic rings. The molecule has 1 N–H and O–H groups in total. The maximum Gasteiger partial charge on any atom is 0.433 e.